The molecule has 0 saturated heterocycles. The zero-order valence-electron chi connectivity index (χ0n) is 15.7. The van der Waals surface area contributed by atoms with Gasteiger partial charge in [-0.3, -0.25) is 4.79 Å². The maximum Gasteiger partial charge on any atom is 0.265 e. The Labute approximate surface area is 162 Å². The van der Waals surface area contributed by atoms with E-state index < -0.39 is 0 Å². The minimum atomic E-state index is -0.00359. The number of imidazole rings is 1. The summed E-state index contributed by atoms with van der Waals surface area (Å²) < 4.78 is 7.30. The predicted molar refractivity (Wildman–Crippen MR) is 107 cm³/mol. The molecule has 0 unspecified atom stereocenters. The van der Waals surface area contributed by atoms with Crippen molar-refractivity contribution in [3.8, 4) is 5.75 Å². The van der Waals surface area contributed by atoms with Gasteiger partial charge in [0.1, 0.15) is 5.75 Å². The fraction of sp³-hybridized carbons (Fsp3) is 0.421. The molecule has 0 atom stereocenters. The fourth-order valence-electron chi connectivity index (χ4n) is 2.96. The van der Waals surface area contributed by atoms with E-state index in [1.165, 1.54) is 11.3 Å². The molecule has 3 heterocycles. The third-order valence-electron chi connectivity index (χ3n) is 4.45. The first kappa shape index (κ1) is 17.8. The van der Waals surface area contributed by atoms with Crippen LogP contribution in [-0.2, 0) is 10.2 Å². The molecule has 0 spiro atoms. The smallest absolute Gasteiger partial charge is 0.265 e. The van der Waals surface area contributed by atoms with Crippen LogP contribution in [0.3, 0.4) is 0 Å². The zero-order valence-corrected chi connectivity index (χ0v) is 16.5. The number of nitrogens with zero attached hydrogens (tertiary/aromatic N) is 4. The van der Waals surface area contributed by atoms with Crippen molar-refractivity contribution >= 4 is 33.0 Å². The third kappa shape index (κ3) is 3.62. The summed E-state index contributed by atoms with van der Waals surface area (Å²) in [6.07, 6.45) is 2.80. The van der Waals surface area contributed by atoms with Gasteiger partial charge in [-0.2, -0.15) is 0 Å². The lowest BCUT2D eigenvalue weighted by molar-refractivity contribution is -0.121. The highest BCUT2D eigenvalue weighted by molar-refractivity contribution is 7.20. The van der Waals surface area contributed by atoms with Crippen LogP contribution < -0.4 is 15.0 Å². The zero-order chi connectivity index (χ0) is 19.0. The van der Waals surface area contributed by atoms with Gasteiger partial charge in [-0.25, -0.2) is 9.50 Å². The van der Waals surface area contributed by atoms with Crippen molar-refractivity contribution in [1.82, 2.24) is 14.6 Å². The average molecular weight is 385 g/mol. The summed E-state index contributed by atoms with van der Waals surface area (Å²) in [6.45, 7) is 7.90. The molecule has 3 aromatic rings. The van der Waals surface area contributed by atoms with Crippen LogP contribution in [0.2, 0.25) is 0 Å². The van der Waals surface area contributed by atoms with Crippen molar-refractivity contribution in [2.45, 2.75) is 32.6 Å². The first-order valence-corrected chi connectivity index (χ1v) is 9.86. The van der Waals surface area contributed by atoms with Gasteiger partial charge in [-0.1, -0.05) is 44.2 Å². The number of carbonyl (C=O) groups excluding carboxylic acids is 1. The molecule has 27 heavy (non-hydrogen) atoms. The minimum Gasteiger partial charge on any atom is -0.482 e. The number of rotatable bonds is 5. The normalized spacial score (nSPS) is 14.3. The van der Waals surface area contributed by atoms with E-state index in [1.54, 1.807) is 4.90 Å². The molecule has 2 aromatic heterocycles. The molecule has 1 aliphatic heterocycles. The summed E-state index contributed by atoms with van der Waals surface area (Å²) in [5.41, 5.74) is 1.90. The summed E-state index contributed by atoms with van der Waals surface area (Å²) in [5.74, 6) is 0.761. The lowest BCUT2D eigenvalue weighted by atomic mass is 9.93. The van der Waals surface area contributed by atoms with Crippen LogP contribution in [0, 0.1) is 0 Å². The largest absolute Gasteiger partial charge is 0.482 e. The van der Waals surface area contributed by atoms with Gasteiger partial charge < -0.3 is 15.0 Å². The number of fused-ring (bicyclic) bond motifs is 2. The maximum atomic E-state index is 12.2. The van der Waals surface area contributed by atoms with E-state index in [4.69, 9.17) is 4.74 Å². The van der Waals surface area contributed by atoms with Crippen molar-refractivity contribution in [2.24, 2.45) is 0 Å². The van der Waals surface area contributed by atoms with Crippen molar-refractivity contribution in [3.05, 3.63) is 36.2 Å². The second-order valence-electron chi connectivity index (χ2n) is 7.59. The Hall–Kier alpha value is -2.61. The molecule has 0 fully saturated rings. The number of carbonyl (C=O) groups is 1. The van der Waals surface area contributed by atoms with Crippen LogP contribution >= 0.6 is 11.3 Å². The van der Waals surface area contributed by atoms with Gasteiger partial charge in [0, 0.05) is 18.5 Å². The number of nitrogens with one attached hydrogen (secondary N) is 1. The molecule has 0 radical (unpaired) electrons. The molecule has 7 nitrogen and oxygen atoms in total. The van der Waals surface area contributed by atoms with Gasteiger partial charge in [-0.15, -0.1) is 5.10 Å². The van der Waals surface area contributed by atoms with E-state index in [0.29, 0.717) is 6.54 Å². The van der Waals surface area contributed by atoms with Gasteiger partial charge >= 0.3 is 0 Å². The number of benzene rings is 1. The lowest BCUT2D eigenvalue weighted by Crippen LogP contribution is -2.39. The van der Waals surface area contributed by atoms with Crippen LogP contribution in [-0.4, -0.2) is 40.2 Å². The van der Waals surface area contributed by atoms with Crippen LogP contribution in [0.1, 0.15) is 32.9 Å². The third-order valence-corrected chi connectivity index (χ3v) is 5.33. The summed E-state index contributed by atoms with van der Waals surface area (Å²) in [4.78, 5) is 19.5. The second kappa shape index (κ2) is 6.84. The molecule has 0 bridgehead atoms. The van der Waals surface area contributed by atoms with Crippen LogP contribution in [0.25, 0.3) is 4.96 Å². The molecule has 1 N–H and O–H groups in total. The fourth-order valence-corrected chi connectivity index (χ4v) is 3.77. The Balaban J connectivity index is 1.35. The first-order valence-electron chi connectivity index (χ1n) is 9.04. The van der Waals surface area contributed by atoms with Crippen LogP contribution in [0.4, 0.5) is 10.8 Å². The summed E-state index contributed by atoms with van der Waals surface area (Å²) in [6, 6.07) is 7.65. The van der Waals surface area contributed by atoms with Gasteiger partial charge in [0.2, 0.25) is 10.1 Å². The Kier molecular flexibility index (Phi) is 4.51. The Morgan fingerprint density at radius 1 is 1.30 bits per heavy atom. The van der Waals surface area contributed by atoms with E-state index in [1.807, 2.05) is 35.0 Å². The molecule has 1 aromatic carbocycles. The van der Waals surface area contributed by atoms with Crippen molar-refractivity contribution in [2.75, 3.05) is 29.9 Å². The van der Waals surface area contributed by atoms with Gasteiger partial charge in [0.25, 0.3) is 5.91 Å². The molecule has 1 amide bonds. The highest BCUT2D eigenvalue weighted by atomic mass is 32.1. The van der Waals surface area contributed by atoms with E-state index >= 15 is 0 Å². The standard InChI is InChI=1S/C19H23N5O2S/c1-19(2,3)15-11-24-18(21-15)27-17(22-24)20-9-6-10-23-13-7-4-5-8-14(13)26-12-16(23)25/h4-5,7-8,11H,6,9-10,12H2,1-3H3,(H,20,22). The van der Waals surface area contributed by atoms with Gasteiger partial charge in [0.05, 0.1) is 17.6 Å². The maximum absolute atomic E-state index is 12.2. The molecular formula is C19H23N5O2S. The topological polar surface area (TPSA) is 71.8 Å². The van der Waals surface area contributed by atoms with E-state index in [2.05, 4.69) is 36.2 Å². The van der Waals surface area contributed by atoms with Crippen molar-refractivity contribution < 1.29 is 9.53 Å². The van der Waals surface area contributed by atoms with Gasteiger partial charge in [-0.05, 0) is 18.6 Å². The number of anilines is 2. The molecule has 4 rings (SSSR count). The highest BCUT2D eigenvalue weighted by Gasteiger charge is 2.24. The molecule has 8 heteroatoms. The van der Waals surface area contributed by atoms with E-state index in [0.717, 1.165) is 40.2 Å². The molecule has 0 aliphatic carbocycles. The SMILES string of the molecule is CC(C)(C)c1cn2nc(NCCCN3C(=O)COc4ccccc43)sc2n1. The summed E-state index contributed by atoms with van der Waals surface area (Å²) in [5, 5.41) is 8.72. The summed E-state index contributed by atoms with van der Waals surface area (Å²) in [7, 11) is 0. The monoisotopic (exact) mass is 385 g/mol. The number of ether oxygens (including phenoxy) is 1. The van der Waals surface area contributed by atoms with Crippen molar-refractivity contribution in [3.63, 3.8) is 0 Å². The molecular weight excluding hydrogens is 362 g/mol. The number of hydrogen-bond donors (Lipinski definition) is 1. The van der Waals surface area contributed by atoms with Gasteiger partial charge in [0.15, 0.2) is 6.61 Å². The van der Waals surface area contributed by atoms with Crippen LogP contribution in [0.15, 0.2) is 30.5 Å². The number of aromatic nitrogens is 3. The Bertz CT molecular complexity index is 941. The highest BCUT2D eigenvalue weighted by Crippen LogP contribution is 2.31. The molecule has 142 valence electrons. The number of para-hydroxylation sites is 2. The first-order chi connectivity index (χ1) is 12.9. The van der Waals surface area contributed by atoms with E-state index in [-0.39, 0.29) is 17.9 Å². The van der Waals surface area contributed by atoms with Crippen molar-refractivity contribution in [1.29, 1.82) is 0 Å². The molecule has 0 saturated carbocycles. The van der Waals surface area contributed by atoms with Crippen LogP contribution in [0.5, 0.6) is 5.75 Å². The Morgan fingerprint density at radius 2 is 2.11 bits per heavy atom. The number of hydrogen-bond acceptors (Lipinski definition) is 6. The van der Waals surface area contributed by atoms with E-state index in [9.17, 15) is 4.79 Å². The predicted octanol–water partition coefficient (Wildman–Crippen LogP) is 3.32. The Morgan fingerprint density at radius 3 is 2.89 bits per heavy atom. The minimum absolute atomic E-state index is 0.00359. The second-order valence-corrected chi connectivity index (χ2v) is 8.55. The lowest BCUT2D eigenvalue weighted by Gasteiger charge is -2.29. The number of amides is 1. The average Bonchev–Trinajstić information content (AvgIpc) is 3.18. The quantitative estimate of drug-likeness (QED) is 0.682. The molecule has 1 aliphatic rings. The summed E-state index contributed by atoms with van der Waals surface area (Å²) >= 11 is 1.54.